The number of carbonyl (C=O) groups is 2. The first-order valence-corrected chi connectivity index (χ1v) is 14.8. The van der Waals surface area contributed by atoms with E-state index in [2.05, 4.69) is 31.5 Å². The summed E-state index contributed by atoms with van der Waals surface area (Å²) in [4.78, 5) is 35.9. The number of amidine groups is 1. The van der Waals surface area contributed by atoms with Crippen LogP contribution in [0.3, 0.4) is 0 Å². The van der Waals surface area contributed by atoms with Crippen molar-refractivity contribution in [2.24, 2.45) is 4.99 Å². The van der Waals surface area contributed by atoms with Gasteiger partial charge in [0.25, 0.3) is 0 Å². The molecule has 0 saturated carbocycles. The van der Waals surface area contributed by atoms with Gasteiger partial charge in [0.05, 0.1) is 12.2 Å². The molecule has 0 spiro atoms. The van der Waals surface area contributed by atoms with Crippen molar-refractivity contribution in [3.05, 3.63) is 97.8 Å². The van der Waals surface area contributed by atoms with E-state index < -0.39 is 35.4 Å². The summed E-state index contributed by atoms with van der Waals surface area (Å²) in [6.07, 6.45) is 2.03. The molecule has 41 heavy (non-hydrogen) atoms. The van der Waals surface area contributed by atoms with Crippen molar-refractivity contribution in [2.45, 2.75) is 51.8 Å². The van der Waals surface area contributed by atoms with Crippen LogP contribution in [-0.4, -0.2) is 47.6 Å². The first-order chi connectivity index (χ1) is 19.6. The van der Waals surface area contributed by atoms with Crippen LogP contribution < -0.4 is 10.6 Å². The van der Waals surface area contributed by atoms with E-state index in [-0.39, 0.29) is 18.7 Å². The number of nitrogens with one attached hydrogen (secondary N) is 2. The van der Waals surface area contributed by atoms with Gasteiger partial charge in [-0.2, -0.15) is 0 Å². The zero-order chi connectivity index (χ0) is 29.6. The van der Waals surface area contributed by atoms with Gasteiger partial charge in [0.15, 0.2) is 10.8 Å². The Bertz CT molecular complexity index is 1440. The fraction of sp³-hybridized carbons (Fsp3) is 0.333. The number of halogens is 2. The summed E-state index contributed by atoms with van der Waals surface area (Å²) in [5.74, 6) is -0.967. The Hall–Kier alpha value is -3.41. The van der Waals surface area contributed by atoms with Gasteiger partial charge < -0.3 is 14.8 Å². The first kappa shape index (κ1) is 30.5. The largest absolute Gasteiger partial charge is 0.463 e. The van der Waals surface area contributed by atoms with Crippen LogP contribution in [-0.2, 0) is 25.5 Å². The van der Waals surface area contributed by atoms with E-state index >= 15 is 0 Å². The third-order valence-corrected chi connectivity index (χ3v) is 7.48. The van der Waals surface area contributed by atoms with Crippen LogP contribution >= 0.6 is 27.3 Å². The van der Waals surface area contributed by atoms with E-state index in [0.717, 1.165) is 5.56 Å². The molecule has 2 N–H and O–H groups in total. The molecule has 0 fully saturated rings. The number of carbonyl (C=O) groups excluding carboxylic acids is 2. The van der Waals surface area contributed by atoms with Crippen molar-refractivity contribution in [3.63, 3.8) is 0 Å². The second kappa shape index (κ2) is 13.5. The number of hydrogen-bond acceptors (Lipinski definition) is 9. The van der Waals surface area contributed by atoms with Gasteiger partial charge in [-0.15, -0.1) is 11.3 Å². The summed E-state index contributed by atoms with van der Waals surface area (Å²) < 4.78 is 25.6. The number of aliphatic imine (C=N–C) groups is 1. The molecule has 4 rings (SSSR count). The Morgan fingerprint density at radius 3 is 2.59 bits per heavy atom. The second-order valence-corrected chi connectivity index (χ2v) is 12.0. The van der Waals surface area contributed by atoms with Crippen LogP contribution in [0.2, 0.25) is 0 Å². The number of rotatable bonds is 10. The van der Waals surface area contributed by atoms with E-state index in [1.165, 1.54) is 23.5 Å². The lowest BCUT2D eigenvalue weighted by Gasteiger charge is -2.29. The molecule has 8 nitrogen and oxygen atoms in total. The van der Waals surface area contributed by atoms with Crippen molar-refractivity contribution < 1.29 is 23.5 Å². The molecule has 2 atom stereocenters. The third-order valence-electron chi connectivity index (χ3n) is 6.01. The van der Waals surface area contributed by atoms with Crippen molar-refractivity contribution >= 4 is 45.0 Å². The highest BCUT2D eigenvalue weighted by molar-refractivity contribution is 9.10. The predicted molar refractivity (Wildman–Crippen MR) is 160 cm³/mol. The number of thiazole rings is 1. The fourth-order valence-electron chi connectivity index (χ4n) is 4.27. The summed E-state index contributed by atoms with van der Waals surface area (Å²) in [6, 6.07) is 12.3. The molecule has 3 aromatic rings. The van der Waals surface area contributed by atoms with E-state index in [0.29, 0.717) is 33.0 Å². The highest BCUT2D eigenvalue weighted by Gasteiger charge is 2.35. The molecule has 0 aliphatic carbocycles. The van der Waals surface area contributed by atoms with E-state index in [1.807, 2.05) is 56.5 Å². The molecular formula is C30H32BrFN4O4S. The van der Waals surface area contributed by atoms with E-state index in [1.54, 1.807) is 19.2 Å². The molecule has 0 saturated heterocycles. The second-order valence-electron chi connectivity index (χ2n) is 10.3. The zero-order valence-electron chi connectivity index (χ0n) is 23.2. The minimum Gasteiger partial charge on any atom is -0.463 e. The number of aromatic nitrogens is 1. The number of ether oxygens (including phenoxy) is 2. The molecule has 0 radical (unpaired) electrons. The smallest absolute Gasteiger partial charge is 0.338 e. The van der Waals surface area contributed by atoms with Crippen molar-refractivity contribution in [2.75, 3.05) is 13.2 Å². The molecule has 0 bridgehead atoms. The molecule has 2 heterocycles. The van der Waals surface area contributed by atoms with Crippen LogP contribution in [0.1, 0.15) is 49.9 Å². The summed E-state index contributed by atoms with van der Waals surface area (Å²) in [5, 5.41) is 8.99. The first-order valence-electron chi connectivity index (χ1n) is 13.2. The normalized spacial score (nSPS) is 16.0. The molecule has 1 aliphatic heterocycles. The lowest BCUT2D eigenvalue weighted by Crippen LogP contribution is -2.46. The standard InChI is InChI=1S/C30H32BrFN4O4S/c1-5-39-29(38)24-23(17-34-22(28(37)40-30(2,3)4)15-18-9-7-6-8-10-18)35-26(27-33-13-14-41-27)36-25(24)20-12-11-19(32)16-21(20)31/h6-14,16,22,25,34H,5,15,17H2,1-4H3,(H,35,36)/t22-,25?/m0/s1. The van der Waals surface area contributed by atoms with Gasteiger partial charge in [-0.3, -0.25) is 15.1 Å². The van der Waals surface area contributed by atoms with Gasteiger partial charge >= 0.3 is 11.9 Å². The molecule has 216 valence electrons. The quantitative estimate of drug-likeness (QED) is 0.282. The SMILES string of the molecule is CCOC(=O)C1=C(CN[C@@H](Cc2ccccc2)C(=O)OC(C)(C)C)NC(c2nccs2)=NC1c1ccc(F)cc1Br. The Kier molecular flexibility index (Phi) is 10.1. The molecule has 1 unspecified atom stereocenters. The number of esters is 2. The minimum atomic E-state index is -0.824. The Labute approximate surface area is 251 Å². The topological polar surface area (TPSA) is 102 Å². The maximum Gasteiger partial charge on any atom is 0.338 e. The Morgan fingerprint density at radius 2 is 1.95 bits per heavy atom. The molecule has 0 amide bonds. The van der Waals surface area contributed by atoms with Crippen LogP contribution in [0.15, 0.2) is 80.8 Å². The number of hydrogen-bond donors (Lipinski definition) is 2. The summed E-state index contributed by atoms with van der Waals surface area (Å²) in [7, 11) is 0. The number of nitrogens with zero attached hydrogens (tertiary/aromatic N) is 2. The van der Waals surface area contributed by atoms with E-state index in [4.69, 9.17) is 14.5 Å². The van der Waals surface area contributed by atoms with Gasteiger partial charge in [-0.25, -0.2) is 14.2 Å². The van der Waals surface area contributed by atoms with Crippen LogP contribution in [0.25, 0.3) is 0 Å². The summed E-state index contributed by atoms with van der Waals surface area (Å²) in [5.41, 5.74) is 1.55. The average Bonchev–Trinajstić information content (AvgIpc) is 3.45. The maximum atomic E-state index is 14.0. The van der Waals surface area contributed by atoms with Gasteiger partial charge in [-0.1, -0.05) is 52.3 Å². The highest BCUT2D eigenvalue weighted by atomic mass is 79.9. The van der Waals surface area contributed by atoms with Gasteiger partial charge in [0.2, 0.25) is 0 Å². The minimum absolute atomic E-state index is 0.0879. The third kappa shape index (κ3) is 8.08. The monoisotopic (exact) mass is 642 g/mol. The van der Waals surface area contributed by atoms with E-state index in [9.17, 15) is 14.0 Å². The van der Waals surface area contributed by atoms with Crippen LogP contribution in [0.4, 0.5) is 4.39 Å². The van der Waals surface area contributed by atoms with Crippen molar-refractivity contribution in [3.8, 4) is 0 Å². The summed E-state index contributed by atoms with van der Waals surface area (Å²) >= 11 is 4.82. The van der Waals surface area contributed by atoms with Crippen LogP contribution in [0, 0.1) is 5.82 Å². The van der Waals surface area contributed by atoms with Gasteiger partial charge in [0, 0.05) is 28.3 Å². The Balaban J connectivity index is 1.75. The Morgan fingerprint density at radius 1 is 1.20 bits per heavy atom. The molecule has 1 aromatic heterocycles. The molecule has 2 aromatic carbocycles. The molecule has 1 aliphatic rings. The van der Waals surface area contributed by atoms with Crippen molar-refractivity contribution in [1.29, 1.82) is 0 Å². The summed E-state index contributed by atoms with van der Waals surface area (Å²) in [6.45, 7) is 7.41. The predicted octanol–water partition coefficient (Wildman–Crippen LogP) is 5.50. The van der Waals surface area contributed by atoms with Gasteiger partial charge in [-0.05, 0) is 57.4 Å². The van der Waals surface area contributed by atoms with Crippen LogP contribution in [0.5, 0.6) is 0 Å². The molecule has 11 heteroatoms. The number of benzene rings is 2. The van der Waals surface area contributed by atoms with Crippen molar-refractivity contribution in [1.82, 2.24) is 15.6 Å². The fourth-order valence-corrected chi connectivity index (χ4v) is 5.42. The molecular weight excluding hydrogens is 611 g/mol. The lowest BCUT2D eigenvalue weighted by atomic mass is 9.95. The average molecular weight is 644 g/mol. The highest BCUT2D eigenvalue weighted by Crippen LogP contribution is 2.36. The maximum absolute atomic E-state index is 14.0. The lowest BCUT2D eigenvalue weighted by molar-refractivity contribution is -0.157. The van der Waals surface area contributed by atoms with Gasteiger partial charge in [0.1, 0.15) is 23.5 Å². The zero-order valence-corrected chi connectivity index (χ0v) is 25.6.